The number of aromatic nitrogens is 2. The minimum absolute atomic E-state index is 0.121. The molecule has 24 heavy (non-hydrogen) atoms. The first kappa shape index (κ1) is 16.4. The number of aryl methyl sites for hydroxylation is 1. The molecule has 2 aromatic heterocycles. The van der Waals surface area contributed by atoms with Crippen molar-refractivity contribution in [1.82, 2.24) is 15.5 Å². The highest BCUT2D eigenvalue weighted by atomic mass is 32.1. The van der Waals surface area contributed by atoms with Crippen molar-refractivity contribution in [2.24, 2.45) is 5.92 Å². The summed E-state index contributed by atoms with van der Waals surface area (Å²) < 4.78 is 5.40. The number of amides is 1. The molecule has 0 spiro atoms. The van der Waals surface area contributed by atoms with Gasteiger partial charge in [0.2, 0.25) is 11.7 Å². The van der Waals surface area contributed by atoms with Crippen LogP contribution in [0.5, 0.6) is 0 Å². The lowest BCUT2D eigenvalue weighted by Crippen LogP contribution is -2.32. The number of benzene rings is 1. The zero-order chi connectivity index (χ0) is 17.1. The lowest BCUT2D eigenvalue weighted by molar-refractivity contribution is 0.0914. The van der Waals surface area contributed by atoms with E-state index >= 15 is 0 Å². The summed E-state index contributed by atoms with van der Waals surface area (Å²) in [5.41, 5.74) is 2.65. The van der Waals surface area contributed by atoms with E-state index in [2.05, 4.69) is 15.5 Å². The molecule has 0 radical (unpaired) electrons. The Morgan fingerprint density at radius 3 is 2.58 bits per heavy atom. The molecule has 5 nitrogen and oxygen atoms in total. The molecular weight excluding hydrogens is 322 g/mol. The van der Waals surface area contributed by atoms with Crippen LogP contribution in [0, 0.1) is 12.8 Å². The van der Waals surface area contributed by atoms with Gasteiger partial charge in [-0.2, -0.15) is 16.3 Å². The van der Waals surface area contributed by atoms with E-state index in [-0.39, 0.29) is 17.9 Å². The first-order valence-corrected chi connectivity index (χ1v) is 8.72. The molecule has 0 bridgehead atoms. The molecule has 1 N–H and O–H groups in total. The highest BCUT2D eigenvalue weighted by Gasteiger charge is 2.25. The molecule has 6 heteroatoms. The first-order chi connectivity index (χ1) is 11.5. The number of rotatable bonds is 5. The average molecular weight is 341 g/mol. The van der Waals surface area contributed by atoms with Gasteiger partial charge in [0.25, 0.3) is 5.91 Å². The molecule has 0 aliphatic rings. The van der Waals surface area contributed by atoms with Gasteiger partial charge in [0, 0.05) is 16.5 Å². The van der Waals surface area contributed by atoms with Crippen LogP contribution < -0.4 is 5.32 Å². The molecule has 124 valence electrons. The van der Waals surface area contributed by atoms with E-state index in [1.165, 1.54) is 0 Å². The van der Waals surface area contributed by atoms with Crippen LogP contribution in [-0.4, -0.2) is 16.0 Å². The Labute approximate surface area is 144 Å². The Kier molecular flexibility index (Phi) is 4.76. The van der Waals surface area contributed by atoms with Crippen molar-refractivity contribution in [3.05, 3.63) is 58.1 Å². The van der Waals surface area contributed by atoms with Gasteiger partial charge in [0.05, 0.1) is 0 Å². The normalized spacial score (nSPS) is 12.3. The summed E-state index contributed by atoms with van der Waals surface area (Å²) in [4.78, 5) is 16.9. The van der Waals surface area contributed by atoms with Gasteiger partial charge in [-0.1, -0.05) is 36.7 Å². The molecule has 0 unspecified atom stereocenters. The zero-order valence-electron chi connectivity index (χ0n) is 13.8. The highest BCUT2D eigenvalue weighted by molar-refractivity contribution is 7.08. The first-order valence-electron chi connectivity index (χ1n) is 7.78. The Morgan fingerprint density at radius 1 is 1.21 bits per heavy atom. The fourth-order valence-corrected chi connectivity index (χ4v) is 2.95. The number of nitrogens with one attached hydrogen (secondary N) is 1. The maximum atomic E-state index is 12.5. The predicted octanol–water partition coefficient (Wildman–Crippen LogP) is 4.23. The molecule has 0 saturated heterocycles. The van der Waals surface area contributed by atoms with Gasteiger partial charge in [-0.3, -0.25) is 4.79 Å². The van der Waals surface area contributed by atoms with Crippen molar-refractivity contribution >= 4 is 17.2 Å². The summed E-state index contributed by atoms with van der Waals surface area (Å²) in [7, 11) is 0. The number of carbonyl (C=O) groups is 1. The SMILES string of the molecule is Cc1ccc(C(=O)N[C@@H](c2nc(-c3ccsc3)no2)C(C)C)cc1. The summed E-state index contributed by atoms with van der Waals surface area (Å²) in [6, 6.07) is 9.06. The van der Waals surface area contributed by atoms with Crippen LogP contribution in [0.4, 0.5) is 0 Å². The van der Waals surface area contributed by atoms with Crippen molar-refractivity contribution in [2.75, 3.05) is 0 Å². The average Bonchev–Trinajstić information content (AvgIpc) is 3.23. The molecule has 1 atom stereocenters. The second kappa shape index (κ2) is 6.97. The molecule has 2 heterocycles. The monoisotopic (exact) mass is 341 g/mol. The second-order valence-corrected chi connectivity index (χ2v) is 6.81. The molecule has 1 amide bonds. The summed E-state index contributed by atoms with van der Waals surface area (Å²) in [5, 5.41) is 10.9. The Bertz CT molecular complexity index is 807. The van der Waals surface area contributed by atoms with Crippen molar-refractivity contribution in [2.45, 2.75) is 26.8 Å². The number of hydrogen-bond donors (Lipinski definition) is 1. The van der Waals surface area contributed by atoms with Gasteiger partial charge in [-0.25, -0.2) is 0 Å². The smallest absolute Gasteiger partial charge is 0.251 e. The third-order valence-corrected chi connectivity index (χ3v) is 4.44. The third kappa shape index (κ3) is 3.54. The van der Waals surface area contributed by atoms with Crippen LogP contribution in [0.2, 0.25) is 0 Å². The van der Waals surface area contributed by atoms with E-state index in [1.807, 2.05) is 61.9 Å². The van der Waals surface area contributed by atoms with Gasteiger partial charge in [-0.15, -0.1) is 0 Å². The van der Waals surface area contributed by atoms with Crippen molar-refractivity contribution < 1.29 is 9.32 Å². The number of hydrogen-bond acceptors (Lipinski definition) is 5. The molecule has 3 rings (SSSR count). The highest BCUT2D eigenvalue weighted by Crippen LogP contribution is 2.25. The van der Waals surface area contributed by atoms with E-state index in [4.69, 9.17) is 4.52 Å². The van der Waals surface area contributed by atoms with E-state index < -0.39 is 0 Å². The predicted molar refractivity (Wildman–Crippen MR) is 93.8 cm³/mol. The van der Waals surface area contributed by atoms with E-state index in [9.17, 15) is 4.79 Å². The van der Waals surface area contributed by atoms with Gasteiger partial charge >= 0.3 is 0 Å². The molecule has 0 aliphatic carbocycles. The lowest BCUT2D eigenvalue weighted by atomic mass is 10.0. The molecule has 0 fully saturated rings. The standard InChI is InChI=1S/C18H19N3O2S/c1-11(2)15(19-17(22)13-6-4-12(3)5-7-13)18-20-16(21-23-18)14-8-9-24-10-14/h4-11,15H,1-3H3,(H,19,22)/t15-/m1/s1. The van der Waals surface area contributed by atoms with Gasteiger partial charge in [0.1, 0.15) is 6.04 Å². The Balaban J connectivity index is 1.80. The van der Waals surface area contributed by atoms with Crippen LogP contribution in [0.25, 0.3) is 11.4 Å². The molecule has 0 saturated carbocycles. The number of thiophene rings is 1. The molecule has 1 aromatic carbocycles. The van der Waals surface area contributed by atoms with Crippen LogP contribution >= 0.6 is 11.3 Å². The zero-order valence-corrected chi connectivity index (χ0v) is 14.6. The second-order valence-electron chi connectivity index (χ2n) is 6.03. The Morgan fingerprint density at radius 2 is 1.96 bits per heavy atom. The van der Waals surface area contributed by atoms with Crippen LogP contribution in [-0.2, 0) is 0 Å². The molecule has 0 aliphatic heterocycles. The molecule has 3 aromatic rings. The fourth-order valence-electron chi connectivity index (χ4n) is 2.31. The summed E-state index contributed by atoms with van der Waals surface area (Å²) in [6.07, 6.45) is 0. The van der Waals surface area contributed by atoms with Crippen LogP contribution in [0.3, 0.4) is 0 Å². The maximum Gasteiger partial charge on any atom is 0.251 e. The third-order valence-electron chi connectivity index (χ3n) is 3.75. The van der Waals surface area contributed by atoms with Gasteiger partial charge in [0.15, 0.2) is 0 Å². The summed E-state index contributed by atoms with van der Waals surface area (Å²) >= 11 is 1.58. The number of nitrogens with zero attached hydrogens (tertiary/aromatic N) is 2. The van der Waals surface area contributed by atoms with E-state index in [0.29, 0.717) is 17.3 Å². The van der Waals surface area contributed by atoms with Gasteiger partial charge < -0.3 is 9.84 Å². The quantitative estimate of drug-likeness (QED) is 0.754. The molecular formula is C18H19N3O2S. The summed E-state index contributed by atoms with van der Waals surface area (Å²) in [5.74, 6) is 0.937. The van der Waals surface area contributed by atoms with Crippen LogP contribution in [0.15, 0.2) is 45.6 Å². The minimum Gasteiger partial charge on any atom is -0.340 e. The van der Waals surface area contributed by atoms with Crippen LogP contribution in [0.1, 0.15) is 41.7 Å². The fraction of sp³-hybridized carbons (Fsp3) is 0.278. The topological polar surface area (TPSA) is 68.0 Å². The number of carbonyl (C=O) groups excluding carboxylic acids is 1. The minimum atomic E-state index is -0.335. The van der Waals surface area contributed by atoms with Gasteiger partial charge in [-0.05, 0) is 36.4 Å². The maximum absolute atomic E-state index is 12.5. The Hall–Kier alpha value is -2.47. The lowest BCUT2D eigenvalue weighted by Gasteiger charge is -2.18. The van der Waals surface area contributed by atoms with Crippen molar-refractivity contribution in [3.63, 3.8) is 0 Å². The summed E-state index contributed by atoms with van der Waals surface area (Å²) in [6.45, 7) is 6.01. The van der Waals surface area contributed by atoms with Crippen molar-refractivity contribution in [3.8, 4) is 11.4 Å². The van der Waals surface area contributed by atoms with E-state index in [1.54, 1.807) is 11.3 Å². The van der Waals surface area contributed by atoms with Crippen molar-refractivity contribution in [1.29, 1.82) is 0 Å². The largest absolute Gasteiger partial charge is 0.340 e. The van der Waals surface area contributed by atoms with E-state index in [0.717, 1.165) is 11.1 Å².